The summed E-state index contributed by atoms with van der Waals surface area (Å²) in [7, 11) is 0. The molecular formula is C16H18N2O6. The molecule has 0 aliphatic carbocycles. The largest absolute Gasteiger partial charge is 0.482 e. The highest BCUT2D eigenvalue weighted by Gasteiger charge is 2.33. The number of benzene rings is 1. The Bertz CT molecular complexity index is 662. The molecule has 0 saturated carbocycles. The normalized spacial score (nSPS) is 20.3. The molecule has 0 radical (unpaired) electrons. The van der Waals surface area contributed by atoms with Crippen molar-refractivity contribution in [1.29, 1.82) is 0 Å². The predicted octanol–water partition coefficient (Wildman–Crippen LogP) is 0.114. The van der Waals surface area contributed by atoms with Gasteiger partial charge in [0.2, 0.25) is 5.91 Å². The fraction of sp³-hybridized carbons (Fsp3) is 0.438. The summed E-state index contributed by atoms with van der Waals surface area (Å²) in [5, 5.41) is 9.19. The molecule has 2 aliphatic heterocycles. The van der Waals surface area contributed by atoms with Crippen LogP contribution in [-0.2, 0) is 19.1 Å². The molecule has 0 bridgehead atoms. The van der Waals surface area contributed by atoms with Crippen LogP contribution in [0, 0.1) is 0 Å². The summed E-state index contributed by atoms with van der Waals surface area (Å²) in [6.45, 7) is 0.654. The Morgan fingerprint density at radius 2 is 2.08 bits per heavy atom. The van der Waals surface area contributed by atoms with Gasteiger partial charge in [0.25, 0.3) is 5.91 Å². The van der Waals surface area contributed by atoms with Gasteiger partial charge in [0.1, 0.15) is 5.75 Å². The Morgan fingerprint density at radius 3 is 2.88 bits per heavy atom. The number of carbonyl (C=O) groups is 3. The minimum absolute atomic E-state index is 0.0135. The first-order valence-electron chi connectivity index (χ1n) is 7.70. The number of carbonyl (C=O) groups excluding carboxylic acids is 2. The molecule has 1 atom stereocenters. The number of rotatable bonds is 4. The van der Waals surface area contributed by atoms with Crippen molar-refractivity contribution in [2.24, 2.45) is 0 Å². The summed E-state index contributed by atoms with van der Waals surface area (Å²) in [4.78, 5) is 38.5. The lowest BCUT2D eigenvalue weighted by Gasteiger charge is -2.34. The molecule has 1 aromatic rings. The first-order chi connectivity index (χ1) is 11.6. The van der Waals surface area contributed by atoms with Gasteiger partial charge in [-0.15, -0.1) is 0 Å². The quantitative estimate of drug-likeness (QED) is 0.840. The average molecular weight is 334 g/mol. The number of fused-ring (bicyclic) bond motifs is 1. The second-order valence-corrected chi connectivity index (χ2v) is 5.57. The van der Waals surface area contributed by atoms with Crippen LogP contribution in [0.15, 0.2) is 24.3 Å². The average Bonchev–Trinajstić information content (AvgIpc) is 2.60. The van der Waals surface area contributed by atoms with Gasteiger partial charge in [0.05, 0.1) is 18.9 Å². The van der Waals surface area contributed by atoms with E-state index in [0.29, 0.717) is 18.0 Å². The second-order valence-electron chi connectivity index (χ2n) is 5.57. The van der Waals surface area contributed by atoms with Crippen molar-refractivity contribution in [1.82, 2.24) is 4.90 Å². The molecule has 8 heteroatoms. The maximum absolute atomic E-state index is 12.4. The number of hydrogen-bond acceptors (Lipinski definition) is 5. The number of para-hydroxylation sites is 2. The Hall–Kier alpha value is -2.61. The molecule has 1 aromatic carbocycles. The molecule has 0 spiro atoms. The molecule has 8 nitrogen and oxygen atoms in total. The van der Waals surface area contributed by atoms with Crippen molar-refractivity contribution in [3.63, 3.8) is 0 Å². The highest BCUT2D eigenvalue weighted by Crippen LogP contribution is 2.31. The number of morpholine rings is 1. The number of ether oxygens (including phenoxy) is 2. The lowest BCUT2D eigenvalue weighted by atomic mass is 10.2. The van der Waals surface area contributed by atoms with Crippen LogP contribution in [0.25, 0.3) is 0 Å². The minimum Gasteiger partial charge on any atom is -0.482 e. The highest BCUT2D eigenvalue weighted by atomic mass is 16.5. The summed E-state index contributed by atoms with van der Waals surface area (Å²) in [5.74, 6) is -1.02. The van der Waals surface area contributed by atoms with Crippen LogP contribution < -0.4 is 9.64 Å². The van der Waals surface area contributed by atoms with Crippen molar-refractivity contribution >= 4 is 23.5 Å². The Morgan fingerprint density at radius 1 is 1.29 bits per heavy atom. The van der Waals surface area contributed by atoms with Gasteiger partial charge >= 0.3 is 5.97 Å². The Labute approximate surface area is 138 Å². The lowest BCUT2D eigenvalue weighted by molar-refractivity contribution is -0.158. The van der Waals surface area contributed by atoms with E-state index in [1.807, 2.05) is 6.07 Å². The molecule has 2 amide bonds. The third kappa shape index (κ3) is 3.18. The van der Waals surface area contributed by atoms with Crippen LogP contribution in [0.4, 0.5) is 5.69 Å². The zero-order chi connectivity index (χ0) is 17.1. The number of hydrogen-bond donors (Lipinski definition) is 1. The number of anilines is 1. The van der Waals surface area contributed by atoms with E-state index >= 15 is 0 Å². The maximum atomic E-state index is 12.4. The third-order valence-electron chi connectivity index (χ3n) is 4.09. The lowest BCUT2D eigenvalue weighted by Crippen LogP contribution is -2.53. The number of aliphatic carboxylic acids is 1. The third-order valence-corrected chi connectivity index (χ3v) is 4.09. The zero-order valence-electron chi connectivity index (χ0n) is 13.0. The molecule has 128 valence electrons. The van der Waals surface area contributed by atoms with Crippen LogP contribution in [0.1, 0.15) is 6.42 Å². The topological polar surface area (TPSA) is 96.4 Å². The summed E-state index contributed by atoms with van der Waals surface area (Å²) in [6, 6.07) is 6.14. The Balaban J connectivity index is 1.68. The summed E-state index contributed by atoms with van der Waals surface area (Å²) >= 11 is 0. The number of carboxylic acids is 1. The molecule has 2 heterocycles. The van der Waals surface area contributed by atoms with Gasteiger partial charge in [-0.2, -0.15) is 0 Å². The highest BCUT2D eigenvalue weighted by molar-refractivity contribution is 5.98. The van der Waals surface area contributed by atoms with Crippen LogP contribution >= 0.6 is 0 Å². The molecular weight excluding hydrogens is 316 g/mol. The summed E-state index contributed by atoms with van der Waals surface area (Å²) < 4.78 is 10.5. The SMILES string of the molecule is O=C(O)C1COCCN1C(=O)CCN1C(=O)COc2ccccc21. The van der Waals surface area contributed by atoms with Gasteiger partial charge in [-0.05, 0) is 12.1 Å². The first-order valence-corrected chi connectivity index (χ1v) is 7.70. The van der Waals surface area contributed by atoms with Gasteiger partial charge < -0.3 is 24.4 Å². The smallest absolute Gasteiger partial charge is 0.328 e. The number of amides is 2. The fourth-order valence-corrected chi connectivity index (χ4v) is 2.86. The number of nitrogens with zero attached hydrogens (tertiary/aromatic N) is 2. The monoisotopic (exact) mass is 334 g/mol. The van der Waals surface area contributed by atoms with E-state index in [2.05, 4.69) is 0 Å². The second kappa shape index (κ2) is 6.88. The molecule has 1 N–H and O–H groups in total. The van der Waals surface area contributed by atoms with E-state index in [1.54, 1.807) is 18.2 Å². The van der Waals surface area contributed by atoms with E-state index in [9.17, 15) is 19.5 Å². The summed E-state index contributed by atoms with van der Waals surface area (Å²) in [6.07, 6.45) is 0.0455. The molecule has 1 unspecified atom stereocenters. The van der Waals surface area contributed by atoms with Crippen molar-refractivity contribution < 1.29 is 29.0 Å². The standard InChI is InChI=1S/C16H18N2O6/c19-14(18-7-8-23-9-12(18)16(21)22)5-6-17-11-3-1-2-4-13(11)24-10-15(17)20/h1-4,12H,5-10H2,(H,21,22). The fourth-order valence-electron chi connectivity index (χ4n) is 2.86. The summed E-state index contributed by atoms with van der Waals surface area (Å²) in [5.41, 5.74) is 0.623. The molecule has 1 fully saturated rings. The maximum Gasteiger partial charge on any atom is 0.328 e. The molecule has 3 rings (SSSR count). The molecule has 24 heavy (non-hydrogen) atoms. The van der Waals surface area contributed by atoms with Crippen LogP contribution in [-0.4, -0.2) is 66.7 Å². The Kier molecular flexibility index (Phi) is 4.66. The minimum atomic E-state index is -1.09. The van der Waals surface area contributed by atoms with Gasteiger partial charge in [0, 0.05) is 19.5 Å². The van der Waals surface area contributed by atoms with Crippen molar-refractivity contribution in [2.75, 3.05) is 37.8 Å². The van der Waals surface area contributed by atoms with E-state index in [4.69, 9.17) is 9.47 Å². The predicted molar refractivity (Wildman–Crippen MR) is 82.9 cm³/mol. The van der Waals surface area contributed by atoms with Crippen LogP contribution in [0.2, 0.25) is 0 Å². The van der Waals surface area contributed by atoms with Crippen molar-refractivity contribution in [2.45, 2.75) is 12.5 Å². The zero-order valence-corrected chi connectivity index (χ0v) is 13.0. The van der Waals surface area contributed by atoms with E-state index in [0.717, 1.165) is 0 Å². The molecule has 1 saturated heterocycles. The van der Waals surface area contributed by atoms with E-state index < -0.39 is 12.0 Å². The van der Waals surface area contributed by atoms with Crippen molar-refractivity contribution in [3.05, 3.63) is 24.3 Å². The number of carboxylic acid groups (broad SMARTS) is 1. The molecule has 2 aliphatic rings. The van der Waals surface area contributed by atoms with Gasteiger partial charge in [0.15, 0.2) is 12.6 Å². The first kappa shape index (κ1) is 16.3. The van der Waals surface area contributed by atoms with E-state index in [1.165, 1.54) is 9.80 Å². The van der Waals surface area contributed by atoms with Gasteiger partial charge in [-0.1, -0.05) is 12.1 Å². The van der Waals surface area contributed by atoms with Crippen LogP contribution in [0.5, 0.6) is 5.75 Å². The van der Waals surface area contributed by atoms with E-state index in [-0.39, 0.29) is 44.5 Å². The molecule has 0 aromatic heterocycles. The van der Waals surface area contributed by atoms with Crippen molar-refractivity contribution in [3.8, 4) is 5.75 Å². The van der Waals surface area contributed by atoms with Gasteiger partial charge in [-0.3, -0.25) is 9.59 Å². The van der Waals surface area contributed by atoms with Gasteiger partial charge in [-0.25, -0.2) is 4.79 Å². The van der Waals surface area contributed by atoms with Crippen LogP contribution in [0.3, 0.4) is 0 Å².